The van der Waals surface area contributed by atoms with Crippen molar-refractivity contribution in [3.05, 3.63) is 65.3 Å². The molecule has 2 aromatic carbocycles. The number of benzene rings is 2. The number of rotatable bonds is 10. The summed E-state index contributed by atoms with van der Waals surface area (Å²) in [6.07, 6.45) is -0.977. The van der Waals surface area contributed by atoms with E-state index in [2.05, 4.69) is 0 Å². The summed E-state index contributed by atoms with van der Waals surface area (Å²) < 4.78 is 64.9. The van der Waals surface area contributed by atoms with Crippen molar-refractivity contribution in [1.82, 2.24) is 0 Å². The Morgan fingerprint density at radius 3 is 2.24 bits per heavy atom. The minimum absolute atomic E-state index is 0.0190. The molecule has 9 heteroatoms. The van der Waals surface area contributed by atoms with Crippen molar-refractivity contribution >= 4 is 11.5 Å². The van der Waals surface area contributed by atoms with Crippen LogP contribution in [0, 0.1) is 0 Å². The monoisotopic (exact) mass is 534 g/mol. The Morgan fingerprint density at radius 1 is 1.08 bits per heavy atom. The molecule has 0 saturated heterocycles. The molecule has 0 saturated carbocycles. The van der Waals surface area contributed by atoms with E-state index >= 15 is 0 Å². The quantitative estimate of drug-likeness (QED) is 0.261. The van der Waals surface area contributed by atoms with Gasteiger partial charge in [0.05, 0.1) is 5.57 Å². The van der Waals surface area contributed by atoms with Crippen LogP contribution in [0.4, 0.5) is 13.2 Å². The Hall–Kier alpha value is -3.62. The second kappa shape index (κ2) is 11.0. The van der Waals surface area contributed by atoms with Gasteiger partial charge in [0.1, 0.15) is 41.8 Å². The third-order valence-corrected chi connectivity index (χ3v) is 6.41. The van der Waals surface area contributed by atoms with Gasteiger partial charge in [-0.1, -0.05) is 13.0 Å². The van der Waals surface area contributed by atoms with Gasteiger partial charge in [-0.3, -0.25) is 0 Å². The normalized spacial score (nSPS) is 16.4. The van der Waals surface area contributed by atoms with Crippen LogP contribution in [-0.2, 0) is 11.2 Å². The first-order valence-electron chi connectivity index (χ1n) is 12.3. The van der Waals surface area contributed by atoms with Crippen molar-refractivity contribution in [1.29, 1.82) is 0 Å². The van der Waals surface area contributed by atoms with Gasteiger partial charge in [0.25, 0.3) is 0 Å². The third kappa shape index (κ3) is 6.26. The second-order valence-electron chi connectivity index (χ2n) is 9.60. The summed E-state index contributed by atoms with van der Waals surface area (Å²) in [5.74, 6) is 0.334. The first-order valence-corrected chi connectivity index (χ1v) is 12.3. The van der Waals surface area contributed by atoms with Gasteiger partial charge in [-0.15, -0.1) is 0 Å². The molecule has 1 atom stereocenters. The summed E-state index contributed by atoms with van der Waals surface area (Å²) >= 11 is 0. The second-order valence-corrected chi connectivity index (χ2v) is 9.60. The molecular formula is C29H33F3O6. The lowest BCUT2D eigenvalue weighted by Crippen LogP contribution is -2.39. The molecule has 0 radical (unpaired) electrons. The number of alkyl halides is 3. The Labute approximate surface area is 220 Å². The molecule has 6 nitrogen and oxygen atoms in total. The van der Waals surface area contributed by atoms with Gasteiger partial charge in [0.15, 0.2) is 0 Å². The third-order valence-electron chi connectivity index (χ3n) is 6.41. The summed E-state index contributed by atoms with van der Waals surface area (Å²) in [6, 6.07) is 9.51. The SMILES string of the molecule is CC=CC(C)(Oc1ccc(OCCOc2cc3c(cc2CC)C(C(F)(F)F)=C(C)C(C)(C)O3)cc1)C(=O)O. The van der Waals surface area contributed by atoms with Gasteiger partial charge in [0, 0.05) is 11.6 Å². The average molecular weight is 535 g/mol. The predicted octanol–water partition coefficient (Wildman–Crippen LogP) is 7.01. The number of allylic oxidation sites excluding steroid dienone is 2. The topological polar surface area (TPSA) is 74.2 Å². The maximum atomic E-state index is 13.9. The van der Waals surface area contributed by atoms with Crippen LogP contribution in [-0.4, -0.2) is 41.7 Å². The number of carboxylic acids is 1. The maximum Gasteiger partial charge on any atom is 0.417 e. The number of carbonyl (C=O) groups is 1. The molecule has 0 bridgehead atoms. The standard InChI is InChI=1S/C29H33F3O6/c1-7-13-28(6,26(33)34)37-21-11-9-20(10-12-21)35-14-15-36-23-17-24-22(16-19(23)8-2)25(29(30,31)32)18(3)27(4,5)38-24/h7,9-13,16-17H,8,14-15H2,1-6H3,(H,33,34). The Bertz CT molecular complexity index is 1230. The lowest BCUT2D eigenvalue weighted by molar-refractivity contribution is -0.149. The molecule has 0 aromatic heterocycles. The van der Waals surface area contributed by atoms with Crippen molar-refractivity contribution in [2.45, 2.75) is 65.3 Å². The number of ether oxygens (including phenoxy) is 4. The first kappa shape index (κ1) is 28.9. The average Bonchev–Trinajstić information content (AvgIpc) is 2.82. The highest BCUT2D eigenvalue weighted by molar-refractivity contribution is 5.81. The van der Waals surface area contributed by atoms with Gasteiger partial charge in [-0.2, -0.15) is 13.2 Å². The lowest BCUT2D eigenvalue weighted by Gasteiger charge is -2.36. The highest BCUT2D eigenvalue weighted by Gasteiger charge is 2.45. The molecule has 0 fully saturated rings. The zero-order valence-corrected chi connectivity index (χ0v) is 22.4. The molecule has 0 spiro atoms. The van der Waals surface area contributed by atoms with Gasteiger partial charge < -0.3 is 24.1 Å². The van der Waals surface area contributed by atoms with Crippen LogP contribution < -0.4 is 18.9 Å². The fourth-order valence-corrected chi connectivity index (χ4v) is 4.14. The van der Waals surface area contributed by atoms with Crippen LogP contribution in [0.3, 0.4) is 0 Å². The first-order chi connectivity index (χ1) is 17.7. The summed E-state index contributed by atoms with van der Waals surface area (Å²) in [5, 5.41) is 9.43. The van der Waals surface area contributed by atoms with E-state index in [1.807, 2.05) is 6.92 Å². The minimum Gasteiger partial charge on any atom is -0.490 e. The summed E-state index contributed by atoms with van der Waals surface area (Å²) in [5.41, 5.74) is -2.50. The van der Waals surface area contributed by atoms with E-state index in [-0.39, 0.29) is 30.1 Å². The fourth-order valence-electron chi connectivity index (χ4n) is 4.14. The molecule has 0 amide bonds. The van der Waals surface area contributed by atoms with E-state index in [0.29, 0.717) is 29.2 Å². The fraction of sp³-hybridized carbons (Fsp3) is 0.414. The van der Waals surface area contributed by atoms with Crippen molar-refractivity contribution in [3.63, 3.8) is 0 Å². The van der Waals surface area contributed by atoms with E-state index < -0.39 is 28.9 Å². The molecule has 206 valence electrons. The lowest BCUT2D eigenvalue weighted by atomic mass is 9.86. The van der Waals surface area contributed by atoms with Gasteiger partial charge in [0.2, 0.25) is 5.60 Å². The number of halogens is 3. The van der Waals surface area contributed by atoms with Crippen LogP contribution >= 0.6 is 0 Å². The number of aliphatic carboxylic acids is 1. The van der Waals surface area contributed by atoms with Crippen LogP contribution in [0.2, 0.25) is 0 Å². The molecular weight excluding hydrogens is 501 g/mol. The van der Waals surface area contributed by atoms with Crippen molar-refractivity contribution in [2.75, 3.05) is 13.2 Å². The van der Waals surface area contributed by atoms with Crippen molar-refractivity contribution < 1.29 is 42.0 Å². The number of hydrogen-bond donors (Lipinski definition) is 1. The van der Waals surface area contributed by atoms with Gasteiger partial charge in [-0.05, 0) is 88.6 Å². The highest BCUT2D eigenvalue weighted by Crippen LogP contribution is 2.49. The van der Waals surface area contributed by atoms with Crippen molar-refractivity contribution in [2.24, 2.45) is 0 Å². The van der Waals surface area contributed by atoms with Gasteiger partial charge >= 0.3 is 12.1 Å². The van der Waals surface area contributed by atoms with E-state index in [9.17, 15) is 23.1 Å². The van der Waals surface area contributed by atoms with Gasteiger partial charge in [-0.25, -0.2) is 4.79 Å². The van der Waals surface area contributed by atoms with Crippen molar-refractivity contribution in [3.8, 4) is 23.0 Å². The Morgan fingerprint density at radius 2 is 1.68 bits per heavy atom. The van der Waals surface area contributed by atoms with Crippen LogP contribution in [0.15, 0.2) is 54.1 Å². The molecule has 3 rings (SSSR count). The summed E-state index contributed by atoms with van der Waals surface area (Å²) in [7, 11) is 0. The number of aryl methyl sites for hydroxylation is 1. The van der Waals surface area contributed by atoms with Crippen LogP contribution in [0.5, 0.6) is 23.0 Å². The molecule has 1 unspecified atom stereocenters. The predicted molar refractivity (Wildman–Crippen MR) is 138 cm³/mol. The molecule has 38 heavy (non-hydrogen) atoms. The zero-order chi connectivity index (χ0) is 28.3. The Kier molecular flexibility index (Phi) is 8.39. The molecule has 0 aliphatic carbocycles. The minimum atomic E-state index is -4.51. The largest absolute Gasteiger partial charge is 0.490 e. The molecule has 1 aliphatic rings. The Balaban J connectivity index is 1.68. The van der Waals surface area contributed by atoms with E-state index in [1.54, 1.807) is 51.1 Å². The molecule has 1 N–H and O–H groups in total. The van der Waals surface area contributed by atoms with E-state index in [4.69, 9.17) is 18.9 Å². The molecule has 2 aromatic rings. The molecule has 1 heterocycles. The van der Waals surface area contributed by atoms with E-state index in [0.717, 1.165) is 0 Å². The number of carboxylic acid groups (broad SMARTS) is 1. The maximum absolute atomic E-state index is 13.9. The van der Waals surface area contributed by atoms with Crippen LogP contribution in [0.25, 0.3) is 5.57 Å². The zero-order valence-electron chi connectivity index (χ0n) is 22.4. The number of hydrogen-bond acceptors (Lipinski definition) is 5. The van der Waals surface area contributed by atoms with Crippen LogP contribution in [0.1, 0.15) is 52.7 Å². The molecule has 1 aliphatic heterocycles. The highest BCUT2D eigenvalue weighted by atomic mass is 19.4. The number of fused-ring (bicyclic) bond motifs is 1. The summed E-state index contributed by atoms with van der Waals surface area (Å²) in [6.45, 7) is 10.00. The smallest absolute Gasteiger partial charge is 0.417 e. The summed E-state index contributed by atoms with van der Waals surface area (Å²) in [4.78, 5) is 11.5. The van der Waals surface area contributed by atoms with E-state index in [1.165, 1.54) is 32.1 Å².